The van der Waals surface area contributed by atoms with E-state index in [0.717, 1.165) is 10.4 Å². The molecule has 0 spiro atoms. The molecule has 2 N–H and O–H groups in total. The third-order valence-electron chi connectivity index (χ3n) is 2.70. The van der Waals surface area contributed by atoms with Crippen molar-refractivity contribution >= 4 is 23.2 Å². The van der Waals surface area contributed by atoms with Crippen LogP contribution in [0.1, 0.15) is 33.0 Å². The van der Waals surface area contributed by atoms with Gasteiger partial charge < -0.3 is 15.3 Å². The van der Waals surface area contributed by atoms with Gasteiger partial charge in [-0.1, -0.05) is 11.8 Å². The summed E-state index contributed by atoms with van der Waals surface area (Å²) < 4.78 is 0. The Kier molecular flexibility index (Phi) is 6.92. The molecule has 21 heavy (non-hydrogen) atoms. The molecule has 0 bridgehead atoms. The van der Waals surface area contributed by atoms with E-state index in [1.165, 1.54) is 16.2 Å². The Morgan fingerprint density at radius 2 is 2.14 bits per heavy atom. The Labute approximate surface area is 129 Å². The predicted molar refractivity (Wildman–Crippen MR) is 83.3 cm³/mol. The van der Waals surface area contributed by atoms with Crippen molar-refractivity contribution in [1.29, 1.82) is 0 Å². The Morgan fingerprint density at radius 1 is 1.43 bits per heavy atom. The van der Waals surface area contributed by atoms with E-state index < -0.39 is 0 Å². The fraction of sp³-hybridized carbons (Fsp3) is 0.467. The standard InChI is InChI=1S/C15H20N2O3S/c1-11-10-13(21-12(11)6-4-5-9-18)15(20)16-8-7-14(19)17(2)3/h10,18H,5,7-9H2,1-3H3,(H,16,20). The number of hydrogen-bond donors (Lipinski definition) is 2. The smallest absolute Gasteiger partial charge is 0.261 e. The van der Waals surface area contributed by atoms with Crippen LogP contribution in [0.2, 0.25) is 0 Å². The molecule has 1 rings (SSSR count). The van der Waals surface area contributed by atoms with Gasteiger partial charge in [-0.3, -0.25) is 9.59 Å². The number of aryl methyl sites for hydroxylation is 1. The summed E-state index contributed by atoms with van der Waals surface area (Å²) in [6.45, 7) is 2.24. The van der Waals surface area contributed by atoms with E-state index in [4.69, 9.17) is 5.11 Å². The Bertz CT molecular complexity index is 567. The fourth-order valence-electron chi connectivity index (χ4n) is 1.51. The summed E-state index contributed by atoms with van der Waals surface area (Å²) in [5, 5.41) is 11.4. The van der Waals surface area contributed by atoms with Crippen LogP contribution in [0.25, 0.3) is 0 Å². The average Bonchev–Trinajstić information content (AvgIpc) is 2.80. The van der Waals surface area contributed by atoms with E-state index in [9.17, 15) is 9.59 Å². The summed E-state index contributed by atoms with van der Waals surface area (Å²) in [5.41, 5.74) is 0.944. The maximum Gasteiger partial charge on any atom is 0.261 e. The molecule has 0 saturated heterocycles. The van der Waals surface area contributed by atoms with Gasteiger partial charge in [-0.05, 0) is 18.6 Å². The number of aliphatic hydroxyl groups excluding tert-OH is 1. The molecule has 0 aliphatic carbocycles. The predicted octanol–water partition coefficient (Wildman–Crippen LogP) is 0.999. The number of nitrogens with zero attached hydrogens (tertiary/aromatic N) is 1. The van der Waals surface area contributed by atoms with Crippen LogP contribution in [0, 0.1) is 18.8 Å². The first kappa shape index (κ1) is 17.2. The second kappa shape index (κ2) is 8.45. The second-order valence-corrected chi connectivity index (χ2v) is 5.74. The van der Waals surface area contributed by atoms with Crippen LogP contribution in [0.15, 0.2) is 6.07 Å². The lowest BCUT2D eigenvalue weighted by molar-refractivity contribution is -0.128. The topological polar surface area (TPSA) is 69.6 Å². The Balaban J connectivity index is 2.58. The minimum atomic E-state index is -0.190. The zero-order chi connectivity index (χ0) is 15.8. The molecule has 1 aromatic heterocycles. The molecule has 0 unspecified atom stereocenters. The lowest BCUT2D eigenvalue weighted by Crippen LogP contribution is -2.29. The van der Waals surface area contributed by atoms with Crippen molar-refractivity contribution in [1.82, 2.24) is 10.2 Å². The fourth-order valence-corrected chi connectivity index (χ4v) is 2.47. The van der Waals surface area contributed by atoms with Crippen molar-refractivity contribution in [3.63, 3.8) is 0 Å². The molecule has 114 valence electrons. The number of carbonyl (C=O) groups excluding carboxylic acids is 2. The Hall–Kier alpha value is -1.84. The van der Waals surface area contributed by atoms with Gasteiger partial charge in [0.05, 0.1) is 16.4 Å². The zero-order valence-electron chi connectivity index (χ0n) is 12.5. The number of nitrogens with one attached hydrogen (secondary N) is 1. The molecule has 1 aromatic rings. The van der Waals surface area contributed by atoms with Crippen LogP contribution in [-0.2, 0) is 4.79 Å². The number of amides is 2. The molecule has 1 heterocycles. The van der Waals surface area contributed by atoms with Crippen LogP contribution in [0.4, 0.5) is 0 Å². The SMILES string of the molecule is Cc1cc(C(=O)NCCC(=O)N(C)C)sc1C#CCCO. The van der Waals surface area contributed by atoms with E-state index in [1.54, 1.807) is 20.2 Å². The molecule has 5 nitrogen and oxygen atoms in total. The molecule has 0 atom stereocenters. The first-order valence-electron chi connectivity index (χ1n) is 6.64. The molecule has 0 saturated carbocycles. The molecule has 2 amide bonds. The normalized spacial score (nSPS) is 9.71. The second-order valence-electron chi connectivity index (χ2n) is 4.69. The Morgan fingerprint density at radius 3 is 2.76 bits per heavy atom. The first-order chi connectivity index (χ1) is 9.95. The number of aliphatic hydroxyl groups is 1. The van der Waals surface area contributed by atoms with Gasteiger partial charge in [-0.15, -0.1) is 11.3 Å². The third kappa shape index (κ3) is 5.58. The summed E-state index contributed by atoms with van der Waals surface area (Å²) in [7, 11) is 3.37. The largest absolute Gasteiger partial charge is 0.395 e. The highest BCUT2D eigenvalue weighted by molar-refractivity contribution is 7.14. The van der Waals surface area contributed by atoms with Crippen molar-refractivity contribution in [3.8, 4) is 11.8 Å². The number of thiophene rings is 1. The molecule has 0 aromatic carbocycles. The summed E-state index contributed by atoms with van der Waals surface area (Å²) >= 11 is 1.32. The van der Waals surface area contributed by atoms with Gasteiger partial charge >= 0.3 is 0 Å². The van der Waals surface area contributed by atoms with Gasteiger partial charge in [0.1, 0.15) is 0 Å². The van der Waals surface area contributed by atoms with E-state index >= 15 is 0 Å². The highest BCUT2D eigenvalue weighted by Crippen LogP contribution is 2.20. The highest BCUT2D eigenvalue weighted by atomic mass is 32.1. The van der Waals surface area contributed by atoms with Crippen LogP contribution >= 0.6 is 11.3 Å². The number of carbonyl (C=O) groups is 2. The van der Waals surface area contributed by atoms with Crippen molar-refractivity contribution in [2.24, 2.45) is 0 Å². The molecule has 0 radical (unpaired) electrons. The summed E-state index contributed by atoms with van der Waals surface area (Å²) in [5.74, 6) is 5.58. The average molecular weight is 308 g/mol. The molecular weight excluding hydrogens is 288 g/mol. The minimum Gasteiger partial charge on any atom is -0.395 e. The van der Waals surface area contributed by atoms with Crippen LogP contribution in [0.3, 0.4) is 0 Å². The van der Waals surface area contributed by atoms with Crippen molar-refractivity contribution in [2.45, 2.75) is 19.8 Å². The van der Waals surface area contributed by atoms with Gasteiger partial charge in [-0.25, -0.2) is 0 Å². The monoisotopic (exact) mass is 308 g/mol. The molecule has 0 aliphatic rings. The zero-order valence-corrected chi connectivity index (χ0v) is 13.3. The highest BCUT2D eigenvalue weighted by Gasteiger charge is 2.12. The lowest BCUT2D eigenvalue weighted by Gasteiger charge is -2.09. The number of rotatable bonds is 5. The van der Waals surface area contributed by atoms with Gasteiger partial charge in [0.15, 0.2) is 0 Å². The van der Waals surface area contributed by atoms with E-state index in [0.29, 0.717) is 17.8 Å². The number of hydrogen-bond acceptors (Lipinski definition) is 4. The van der Waals surface area contributed by atoms with E-state index in [2.05, 4.69) is 17.2 Å². The maximum atomic E-state index is 12.0. The van der Waals surface area contributed by atoms with Crippen molar-refractivity contribution in [2.75, 3.05) is 27.2 Å². The van der Waals surface area contributed by atoms with Gasteiger partial charge in [0, 0.05) is 33.5 Å². The van der Waals surface area contributed by atoms with Crippen LogP contribution < -0.4 is 5.32 Å². The molecule has 6 heteroatoms. The maximum absolute atomic E-state index is 12.0. The third-order valence-corrected chi connectivity index (χ3v) is 3.85. The summed E-state index contributed by atoms with van der Waals surface area (Å²) in [4.78, 5) is 26.3. The lowest BCUT2D eigenvalue weighted by atomic mass is 10.2. The molecule has 0 aliphatic heterocycles. The molecular formula is C15H20N2O3S. The van der Waals surface area contributed by atoms with Crippen LogP contribution in [0.5, 0.6) is 0 Å². The van der Waals surface area contributed by atoms with Gasteiger partial charge in [0.2, 0.25) is 5.91 Å². The van der Waals surface area contributed by atoms with Crippen molar-refractivity contribution < 1.29 is 14.7 Å². The summed E-state index contributed by atoms with van der Waals surface area (Å²) in [6, 6.07) is 1.79. The minimum absolute atomic E-state index is 0.0202. The summed E-state index contributed by atoms with van der Waals surface area (Å²) in [6.07, 6.45) is 0.706. The van der Waals surface area contributed by atoms with E-state index in [1.807, 2.05) is 6.92 Å². The van der Waals surface area contributed by atoms with Gasteiger partial charge in [0.25, 0.3) is 5.91 Å². The van der Waals surface area contributed by atoms with Gasteiger partial charge in [-0.2, -0.15) is 0 Å². The molecule has 0 fully saturated rings. The van der Waals surface area contributed by atoms with Crippen molar-refractivity contribution in [3.05, 3.63) is 21.4 Å². The van der Waals surface area contributed by atoms with E-state index in [-0.39, 0.29) is 24.8 Å². The first-order valence-corrected chi connectivity index (χ1v) is 7.46. The quantitative estimate of drug-likeness (QED) is 0.797. The van der Waals surface area contributed by atoms with Crippen LogP contribution in [-0.4, -0.2) is 49.1 Å².